The quantitative estimate of drug-likeness (QED) is 0.0392. The van der Waals surface area contributed by atoms with Gasteiger partial charge < -0.3 is 30.6 Å². The number of tetrazole rings is 1. The number of fused-ring (bicyclic) bond motifs is 1. The number of nitrogens with one attached hydrogen (secondary N) is 3. The minimum atomic E-state index is -1.30. The lowest BCUT2D eigenvalue weighted by Gasteiger charge is -2.49. The van der Waals surface area contributed by atoms with E-state index in [9.17, 15) is 29.1 Å². The molecule has 2 aromatic rings. The number of hydrogen-bond acceptors (Lipinski definition) is 15. The summed E-state index contributed by atoms with van der Waals surface area (Å²) in [6.45, 7) is 5.43. The van der Waals surface area contributed by atoms with Gasteiger partial charge in [-0.1, -0.05) is 22.8 Å². The predicted molar refractivity (Wildman–Crippen MR) is 166 cm³/mol. The Labute approximate surface area is 274 Å². The van der Waals surface area contributed by atoms with Crippen LogP contribution in [0.25, 0.3) is 0 Å². The van der Waals surface area contributed by atoms with Crippen molar-refractivity contribution in [3.8, 4) is 12.3 Å². The van der Waals surface area contributed by atoms with Crippen molar-refractivity contribution in [1.82, 2.24) is 40.7 Å². The molecular formula is C25H28N10O8S3. The number of carbonyl (C=O) groups is 5. The molecular weight excluding hydrogens is 665 g/mol. The van der Waals surface area contributed by atoms with Crippen LogP contribution < -0.4 is 16.0 Å². The highest BCUT2D eigenvalue weighted by atomic mass is 32.2. The summed E-state index contributed by atoms with van der Waals surface area (Å²) in [6, 6.07) is -1.06. The van der Waals surface area contributed by atoms with Crippen LogP contribution in [0.4, 0.5) is 9.93 Å². The first-order valence-corrected chi connectivity index (χ1v) is 16.2. The number of carbonyl (C=O) groups excluding carboxylic acids is 4. The van der Waals surface area contributed by atoms with Crippen LogP contribution in [0.3, 0.4) is 0 Å². The number of oxime groups is 1. The molecule has 0 aliphatic carbocycles. The first-order valence-electron chi connectivity index (χ1n) is 13.3. The fourth-order valence-corrected chi connectivity index (χ4v) is 7.05. The van der Waals surface area contributed by atoms with Crippen LogP contribution in [0.15, 0.2) is 27.0 Å². The highest BCUT2D eigenvalue weighted by Gasteiger charge is 2.54. The van der Waals surface area contributed by atoms with E-state index in [1.165, 1.54) is 33.6 Å². The Hall–Kier alpha value is -4.68. The van der Waals surface area contributed by atoms with Gasteiger partial charge in [0.05, 0.1) is 6.54 Å². The summed E-state index contributed by atoms with van der Waals surface area (Å²) in [6.07, 6.45) is 5.02. The van der Waals surface area contributed by atoms with E-state index in [1.807, 2.05) is 0 Å². The highest BCUT2D eigenvalue weighted by Crippen LogP contribution is 2.41. The molecule has 1 unspecified atom stereocenters. The number of nitrogens with zero attached hydrogens (tertiary/aromatic N) is 7. The third kappa shape index (κ3) is 8.32. The second-order valence-electron chi connectivity index (χ2n) is 10.2. The first-order chi connectivity index (χ1) is 21.9. The zero-order valence-corrected chi connectivity index (χ0v) is 27.0. The number of β-lactam (4-membered cyclic amide) rings is 1. The lowest BCUT2D eigenvalue weighted by Crippen LogP contribution is -2.71. The van der Waals surface area contributed by atoms with Crippen LogP contribution in [0.5, 0.6) is 0 Å². The lowest BCUT2D eigenvalue weighted by atomic mass is 10.0. The second kappa shape index (κ2) is 15.1. The van der Waals surface area contributed by atoms with Crippen LogP contribution >= 0.6 is 34.9 Å². The number of anilines is 1. The molecule has 4 amide bonds. The molecule has 21 heteroatoms. The van der Waals surface area contributed by atoms with Crippen molar-refractivity contribution in [3.05, 3.63) is 22.3 Å². The molecule has 4 heterocycles. The van der Waals surface area contributed by atoms with E-state index in [0.29, 0.717) is 17.1 Å². The number of aromatic nitrogens is 5. The van der Waals surface area contributed by atoms with Gasteiger partial charge in [0.15, 0.2) is 17.5 Å². The van der Waals surface area contributed by atoms with Gasteiger partial charge in [0.25, 0.3) is 11.8 Å². The van der Waals surface area contributed by atoms with E-state index in [4.69, 9.17) is 16.0 Å². The van der Waals surface area contributed by atoms with Crippen LogP contribution in [0.1, 0.15) is 26.5 Å². The number of alkyl carbamates (subject to hydrolysis) is 1. The van der Waals surface area contributed by atoms with Gasteiger partial charge in [0, 0.05) is 23.4 Å². The molecule has 0 spiro atoms. The van der Waals surface area contributed by atoms with E-state index < -0.39 is 40.9 Å². The minimum absolute atomic E-state index is 0.0668. The molecule has 0 aromatic carbocycles. The molecule has 0 radical (unpaired) electrons. The Balaban J connectivity index is 1.41. The molecule has 4 N–H and O–H groups in total. The first kappa shape index (κ1) is 34.2. The van der Waals surface area contributed by atoms with Crippen molar-refractivity contribution in [3.63, 3.8) is 0 Å². The van der Waals surface area contributed by atoms with Crippen molar-refractivity contribution in [1.29, 1.82) is 0 Å². The lowest BCUT2D eigenvalue weighted by molar-refractivity contribution is -0.150. The minimum Gasteiger partial charge on any atom is -0.477 e. The summed E-state index contributed by atoms with van der Waals surface area (Å²) in [5.74, 6) is -0.128. The number of hydrogen-bond donors (Lipinski definition) is 4. The van der Waals surface area contributed by atoms with Crippen molar-refractivity contribution in [2.45, 2.75) is 49.5 Å². The number of thioether (sulfide) groups is 2. The average molecular weight is 693 g/mol. The fourth-order valence-electron chi connectivity index (χ4n) is 4.01. The maximum atomic E-state index is 13.2. The Morgan fingerprint density at radius 3 is 2.83 bits per heavy atom. The molecule has 18 nitrogen and oxygen atoms in total. The number of thiazole rings is 1. The Kier molecular flexibility index (Phi) is 11.2. The SMILES string of the molecule is C#CCON=C(C(=O)NC1C(=O)N2C(C(=O)O)=C(CSc3nnnn3CCNC(=O)OC(C)(C)C)CS[C@@H]12)c1csc(NC=O)n1. The van der Waals surface area contributed by atoms with Gasteiger partial charge in [-0.25, -0.2) is 19.3 Å². The Bertz CT molecular complexity index is 1610. The molecule has 2 atom stereocenters. The van der Waals surface area contributed by atoms with Gasteiger partial charge in [-0.3, -0.25) is 19.3 Å². The number of amides is 4. The van der Waals surface area contributed by atoms with Crippen molar-refractivity contribution in [2.24, 2.45) is 5.16 Å². The molecule has 2 aromatic heterocycles. The monoisotopic (exact) mass is 692 g/mol. The molecule has 2 aliphatic rings. The number of terminal acetylenes is 1. The van der Waals surface area contributed by atoms with Gasteiger partial charge in [0.2, 0.25) is 11.6 Å². The molecule has 0 saturated carbocycles. The third-order valence-corrected chi connectivity index (χ3v) is 9.01. The van der Waals surface area contributed by atoms with E-state index in [0.717, 1.165) is 16.2 Å². The number of aliphatic carboxylic acids is 1. The average Bonchev–Trinajstić information content (AvgIpc) is 3.65. The molecule has 1 saturated heterocycles. The number of carboxylic acids is 1. The van der Waals surface area contributed by atoms with Gasteiger partial charge in [-0.2, -0.15) is 0 Å². The van der Waals surface area contributed by atoms with Crippen molar-refractivity contribution >= 4 is 76.0 Å². The van der Waals surface area contributed by atoms with Crippen LogP contribution in [0.2, 0.25) is 0 Å². The molecule has 0 bridgehead atoms. The van der Waals surface area contributed by atoms with Crippen molar-refractivity contribution < 1.29 is 38.7 Å². The van der Waals surface area contributed by atoms with E-state index in [-0.39, 0.29) is 53.4 Å². The van der Waals surface area contributed by atoms with Gasteiger partial charge in [0.1, 0.15) is 28.4 Å². The smallest absolute Gasteiger partial charge is 0.407 e. The zero-order chi connectivity index (χ0) is 33.4. The standard InChI is InChI=1S/C25H28N10O8S3/c1-5-8-42-31-15(14-11-45-22(28-14)27-12-36)18(37)29-16-19(38)35-17(21(39)40)13(9-44-20(16)35)10-46-23-30-32-33-34(23)7-6-26-24(41)43-25(2,3)4/h1,11-12,16,20H,6-10H2,2-4H3,(H,26,41)(H,29,37)(H,39,40)(H,27,28,36)/t16?,20-/m0/s1. The van der Waals surface area contributed by atoms with Crippen LogP contribution in [0, 0.1) is 12.3 Å². The fraction of sp³-hybridized carbons (Fsp3) is 0.440. The van der Waals surface area contributed by atoms with E-state index >= 15 is 0 Å². The van der Waals surface area contributed by atoms with Gasteiger partial charge in [-0.15, -0.1) is 34.6 Å². The molecule has 244 valence electrons. The largest absolute Gasteiger partial charge is 0.477 e. The maximum absolute atomic E-state index is 13.2. The Morgan fingerprint density at radius 2 is 2.13 bits per heavy atom. The predicted octanol–water partition coefficient (Wildman–Crippen LogP) is 0.107. The highest BCUT2D eigenvalue weighted by molar-refractivity contribution is 8.01. The molecule has 46 heavy (non-hydrogen) atoms. The summed E-state index contributed by atoms with van der Waals surface area (Å²) in [4.78, 5) is 71.6. The summed E-state index contributed by atoms with van der Waals surface area (Å²) >= 11 is 3.48. The second-order valence-corrected chi connectivity index (χ2v) is 13.1. The number of ether oxygens (including phenoxy) is 1. The third-order valence-electron chi connectivity index (χ3n) is 5.85. The normalized spacial score (nSPS) is 17.7. The summed E-state index contributed by atoms with van der Waals surface area (Å²) < 4.78 is 6.66. The number of carboxylic acid groups (broad SMARTS) is 1. The Morgan fingerprint density at radius 1 is 1.35 bits per heavy atom. The van der Waals surface area contributed by atoms with Gasteiger partial charge >= 0.3 is 12.1 Å². The molecule has 4 rings (SSSR count). The topological polar surface area (TPSA) is 232 Å². The van der Waals surface area contributed by atoms with Crippen LogP contribution in [-0.2, 0) is 35.3 Å². The number of rotatable bonds is 14. The van der Waals surface area contributed by atoms with Crippen molar-refractivity contribution in [2.75, 3.05) is 30.0 Å². The van der Waals surface area contributed by atoms with E-state index in [1.54, 1.807) is 20.8 Å². The summed E-state index contributed by atoms with van der Waals surface area (Å²) in [7, 11) is 0. The molecule has 2 aliphatic heterocycles. The zero-order valence-electron chi connectivity index (χ0n) is 24.6. The van der Waals surface area contributed by atoms with Crippen LogP contribution in [-0.4, -0.2) is 113 Å². The molecule has 1 fully saturated rings. The maximum Gasteiger partial charge on any atom is 0.407 e. The summed E-state index contributed by atoms with van der Waals surface area (Å²) in [5, 5.41) is 34.2. The van der Waals surface area contributed by atoms with Gasteiger partial charge in [-0.05, 0) is 36.8 Å². The summed E-state index contributed by atoms with van der Waals surface area (Å²) in [5.41, 5.74) is -0.597. The van der Waals surface area contributed by atoms with E-state index in [2.05, 4.69) is 47.5 Å².